The molecule has 0 saturated heterocycles. The second kappa shape index (κ2) is 5.00. The summed E-state index contributed by atoms with van der Waals surface area (Å²) in [6.07, 6.45) is 1.71. The number of aryl methyl sites for hydroxylation is 1. The summed E-state index contributed by atoms with van der Waals surface area (Å²) in [7, 11) is 0. The van der Waals surface area contributed by atoms with Crippen LogP contribution in [-0.2, 0) is 6.54 Å². The highest BCUT2D eigenvalue weighted by atomic mass is 32.1. The van der Waals surface area contributed by atoms with E-state index in [1.807, 2.05) is 6.92 Å². The molecule has 2 N–H and O–H groups in total. The van der Waals surface area contributed by atoms with Crippen LogP contribution < -0.4 is 11.2 Å². The molecule has 0 atom stereocenters. The van der Waals surface area contributed by atoms with Gasteiger partial charge in [0.1, 0.15) is 5.01 Å². The summed E-state index contributed by atoms with van der Waals surface area (Å²) < 4.78 is 1.13. The maximum atomic E-state index is 11.8. The molecule has 0 aromatic carbocycles. The molecule has 0 unspecified atom stereocenters. The lowest BCUT2D eigenvalue weighted by atomic mass is 10.1. The van der Waals surface area contributed by atoms with Gasteiger partial charge in [0.15, 0.2) is 0 Å². The number of hydrogen-bond acceptors (Lipinski definition) is 5. The molecule has 0 aliphatic heterocycles. The van der Waals surface area contributed by atoms with E-state index in [0.29, 0.717) is 5.01 Å². The van der Waals surface area contributed by atoms with Gasteiger partial charge < -0.3 is 5.11 Å². The van der Waals surface area contributed by atoms with Gasteiger partial charge in [0.25, 0.3) is 5.56 Å². The molecule has 19 heavy (non-hydrogen) atoms. The third kappa shape index (κ3) is 2.60. The van der Waals surface area contributed by atoms with Gasteiger partial charge in [-0.15, -0.1) is 11.3 Å². The topological polar surface area (TPSA) is 88.0 Å². The highest BCUT2D eigenvalue weighted by molar-refractivity contribution is 7.11. The van der Waals surface area contributed by atoms with Gasteiger partial charge in [0.2, 0.25) is 5.88 Å². The Morgan fingerprint density at radius 2 is 2.16 bits per heavy atom. The average Bonchev–Trinajstić information content (AvgIpc) is 2.69. The molecule has 0 amide bonds. The Labute approximate surface area is 113 Å². The molecule has 0 fully saturated rings. The number of H-pyrrole nitrogens is 1. The molecule has 2 heterocycles. The van der Waals surface area contributed by atoms with Gasteiger partial charge in [0.05, 0.1) is 12.1 Å². The number of hydrogen-bond donors (Lipinski definition) is 2. The van der Waals surface area contributed by atoms with Gasteiger partial charge in [-0.1, -0.05) is 13.8 Å². The first-order chi connectivity index (χ1) is 8.90. The van der Waals surface area contributed by atoms with E-state index in [-0.39, 0.29) is 23.9 Å². The van der Waals surface area contributed by atoms with Crippen molar-refractivity contribution in [2.24, 2.45) is 0 Å². The zero-order valence-corrected chi connectivity index (χ0v) is 11.7. The SMILES string of the molecule is Cc1cnc(Cn2c(O)c(C(C)C)c(=O)[nH]c2=O)s1. The highest BCUT2D eigenvalue weighted by Crippen LogP contribution is 2.21. The van der Waals surface area contributed by atoms with Gasteiger partial charge in [-0.25, -0.2) is 9.78 Å². The minimum atomic E-state index is -0.625. The number of aromatic nitrogens is 3. The first-order valence-electron chi connectivity index (χ1n) is 5.87. The largest absolute Gasteiger partial charge is 0.494 e. The fraction of sp³-hybridized carbons (Fsp3) is 0.417. The predicted octanol–water partition coefficient (Wildman–Crippen LogP) is 1.18. The summed E-state index contributed by atoms with van der Waals surface area (Å²) in [5, 5.41) is 10.8. The van der Waals surface area contributed by atoms with E-state index in [9.17, 15) is 14.7 Å². The van der Waals surface area contributed by atoms with Gasteiger partial charge >= 0.3 is 5.69 Å². The molecular weight excluding hydrogens is 266 g/mol. The minimum Gasteiger partial charge on any atom is -0.494 e. The normalized spacial score (nSPS) is 11.2. The Morgan fingerprint density at radius 1 is 1.47 bits per heavy atom. The molecule has 6 nitrogen and oxygen atoms in total. The monoisotopic (exact) mass is 281 g/mol. The Balaban J connectivity index is 2.54. The number of nitrogens with one attached hydrogen (secondary N) is 1. The summed E-state index contributed by atoms with van der Waals surface area (Å²) in [5.74, 6) is -0.453. The standard InChI is InChI=1S/C12H15N3O3S/c1-6(2)9-10(16)14-12(18)15(11(9)17)5-8-13-4-7(3)19-8/h4,6,17H,5H2,1-3H3,(H,14,16,18). The summed E-state index contributed by atoms with van der Waals surface area (Å²) in [6.45, 7) is 5.63. The smallest absolute Gasteiger partial charge is 0.331 e. The van der Waals surface area contributed by atoms with Crippen molar-refractivity contribution in [3.8, 4) is 5.88 Å². The molecule has 2 aromatic rings. The molecule has 0 spiro atoms. The van der Waals surface area contributed by atoms with E-state index in [1.54, 1.807) is 20.0 Å². The number of nitrogens with zero attached hydrogens (tertiary/aromatic N) is 2. The Bertz CT molecular complexity index is 712. The van der Waals surface area contributed by atoms with Gasteiger partial charge in [-0.3, -0.25) is 14.3 Å². The van der Waals surface area contributed by atoms with Crippen molar-refractivity contribution in [1.82, 2.24) is 14.5 Å². The number of aromatic hydroxyl groups is 1. The first kappa shape index (κ1) is 13.5. The van der Waals surface area contributed by atoms with Crippen LogP contribution in [0, 0.1) is 6.92 Å². The second-order valence-corrected chi connectivity index (χ2v) is 5.92. The van der Waals surface area contributed by atoms with E-state index >= 15 is 0 Å². The van der Waals surface area contributed by atoms with Gasteiger partial charge in [0, 0.05) is 11.1 Å². The van der Waals surface area contributed by atoms with Crippen molar-refractivity contribution in [3.05, 3.63) is 42.5 Å². The Morgan fingerprint density at radius 3 is 2.68 bits per heavy atom. The van der Waals surface area contributed by atoms with Crippen molar-refractivity contribution in [2.45, 2.75) is 33.2 Å². The summed E-state index contributed by atoms with van der Waals surface area (Å²) in [6, 6.07) is 0. The van der Waals surface area contributed by atoms with Crippen LogP contribution in [0.3, 0.4) is 0 Å². The summed E-state index contributed by atoms with van der Waals surface area (Å²) >= 11 is 1.44. The highest BCUT2D eigenvalue weighted by Gasteiger charge is 2.17. The average molecular weight is 281 g/mol. The zero-order valence-electron chi connectivity index (χ0n) is 10.9. The van der Waals surface area contributed by atoms with Crippen LogP contribution >= 0.6 is 11.3 Å². The molecule has 0 aliphatic carbocycles. The summed E-state index contributed by atoms with van der Waals surface area (Å²) in [4.78, 5) is 30.8. The maximum absolute atomic E-state index is 11.8. The molecule has 2 aromatic heterocycles. The Kier molecular flexibility index (Phi) is 3.57. The molecule has 0 saturated carbocycles. The lowest BCUT2D eigenvalue weighted by Crippen LogP contribution is -2.33. The van der Waals surface area contributed by atoms with Crippen LogP contribution in [0.1, 0.15) is 35.2 Å². The number of aromatic amines is 1. The van der Waals surface area contributed by atoms with E-state index in [2.05, 4.69) is 9.97 Å². The van der Waals surface area contributed by atoms with Gasteiger partial charge in [-0.05, 0) is 12.8 Å². The lowest BCUT2D eigenvalue weighted by Gasteiger charge is -2.12. The van der Waals surface area contributed by atoms with Crippen molar-refractivity contribution in [1.29, 1.82) is 0 Å². The second-order valence-electron chi connectivity index (χ2n) is 4.60. The van der Waals surface area contributed by atoms with Gasteiger partial charge in [-0.2, -0.15) is 0 Å². The van der Waals surface area contributed by atoms with Crippen LogP contribution in [0.15, 0.2) is 15.8 Å². The van der Waals surface area contributed by atoms with E-state index < -0.39 is 11.2 Å². The van der Waals surface area contributed by atoms with Crippen LogP contribution in [0.4, 0.5) is 0 Å². The first-order valence-corrected chi connectivity index (χ1v) is 6.69. The van der Waals surface area contributed by atoms with Crippen LogP contribution in [-0.4, -0.2) is 19.6 Å². The van der Waals surface area contributed by atoms with E-state index in [0.717, 1.165) is 9.44 Å². The van der Waals surface area contributed by atoms with Crippen LogP contribution in [0.2, 0.25) is 0 Å². The molecule has 102 valence electrons. The molecule has 0 aliphatic rings. The maximum Gasteiger partial charge on any atom is 0.331 e. The fourth-order valence-corrected chi connectivity index (χ4v) is 2.63. The number of thiazole rings is 1. The zero-order chi connectivity index (χ0) is 14.2. The van der Waals surface area contributed by atoms with Crippen LogP contribution in [0.25, 0.3) is 0 Å². The fourth-order valence-electron chi connectivity index (χ4n) is 1.85. The van der Waals surface area contributed by atoms with Crippen LogP contribution in [0.5, 0.6) is 5.88 Å². The lowest BCUT2D eigenvalue weighted by molar-refractivity contribution is 0.398. The molecule has 0 radical (unpaired) electrons. The third-order valence-corrected chi connectivity index (χ3v) is 3.64. The number of rotatable bonds is 3. The molecule has 2 rings (SSSR count). The third-order valence-electron chi connectivity index (χ3n) is 2.75. The van der Waals surface area contributed by atoms with Crippen molar-refractivity contribution < 1.29 is 5.11 Å². The van der Waals surface area contributed by atoms with Crippen molar-refractivity contribution >= 4 is 11.3 Å². The predicted molar refractivity (Wildman–Crippen MR) is 73.0 cm³/mol. The van der Waals surface area contributed by atoms with E-state index in [1.165, 1.54) is 11.3 Å². The van der Waals surface area contributed by atoms with Crippen molar-refractivity contribution in [3.63, 3.8) is 0 Å². The van der Waals surface area contributed by atoms with Crippen molar-refractivity contribution in [2.75, 3.05) is 0 Å². The quantitative estimate of drug-likeness (QED) is 0.884. The molecule has 7 heteroatoms. The molecule has 0 bridgehead atoms. The Hall–Kier alpha value is -1.89. The minimum absolute atomic E-state index is 0.152. The molecular formula is C12H15N3O3S. The summed E-state index contributed by atoms with van der Waals surface area (Å²) in [5.41, 5.74) is -0.947. The van der Waals surface area contributed by atoms with E-state index in [4.69, 9.17) is 0 Å².